The van der Waals surface area contributed by atoms with Gasteiger partial charge in [-0.3, -0.25) is 14.4 Å². The van der Waals surface area contributed by atoms with Crippen LogP contribution in [-0.4, -0.2) is 17.7 Å². The molecule has 0 fully saturated rings. The highest BCUT2D eigenvalue weighted by atomic mass is 79.9. The molecule has 6 nitrogen and oxygen atoms in total. The number of nitrogens with one attached hydrogen (secondary N) is 3. The van der Waals surface area contributed by atoms with Crippen molar-refractivity contribution in [2.45, 2.75) is 13.3 Å². The first-order chi connectivity index (χ1) is 14.4. The van der Waals surface area contributed by atoms with Crippen LogP contribution in [0.5, 0.6) is 0 Å². The highest BCUT2D eigenvalue weighted by Crippen LogP contribution is 2.16. The van der Waals surface area contributed by atoms with Gasteiger partial charge in [-0.25, -0.2) is 0 Å². The monoisotopic (exact) mass is 465 g/mol. The Hall–Kier alpha value is -3.45. The lowest BCUT2D eigenvalue weighted by Crippen LogP contribution is -2.15. The van der Waals surface area contributed by atoms with Crippen LogP contribution in [0.2, 0.25) is 0 Å². The Bertz CT molecular complexity index is 1050. The van der Waals surface area contributed by atoms with Crippen LogP contribution in [0.1, 0.15) is 22.8 Å². The predicted octanol–water partition coefficient (Wildman–Crippen LogP) is 4.84. The molecule has 152 valence electrons. The molecule has 0 spiro atoms. The SMILES string of the molecule is CC(=O)Nc1ccc(NC(=O)Cc2ccc(NC(=O)c3ccc(Br)cc3)cc2)cc1. The number of halogens is 1. The van der Waals surface area contributed by atoms with Crippen molar-refractivity contribution < 1.29 is 14.4 Å². The third kappa shape index (κ3) is 6.28. The molecule has 0 unspecified atom stereocenters. The Morgan fingerprint density at radius 2 is 1.20 bits per heavy atom. The molecule has 7 heteroatoms. The maximum atomic E-state index is 12.3. The van der Waals surface area contributed by atoms with E-state index >= 15 is 0 Å². The van der Waals surface area contributed by atoms with Crippen molar-refractivity contribution in [3.05, 3.63) is 88.4 Å². The van der Waals surface area contributed by atoms with E-state index in [2.05, 4.69) is 31.9 Å². The van der Waals surface area contributed by atoms with Crippen molar-refractivity contribution >= 4 is 50.7 Å². The minimum Gasteiger partial charge on any atom is -0.326 e. The summed E-state index contributed by atoms with van der Waals surface area (Å²) >= 11 is 3.34. The normalized spacial score (nSPS) is 10.2. The Kier molecular flexibility index (Phi) is 6.98. The summed E-state index contributed by atoms with van der Waals surface area (Å²) in [5.74, 6) is -0.507. The van der Waals surface area contributed by atoms with Gasteiger partial charge in [-0.05, 0) is 66.2 Å². The van der Waals surface area contributed by atoms with Crippen molar-refractivity contribution in [1.82, 2.24) is 0 Å². The average Bonchev–Trinajstić information content (AvgIpc) is 2.71. The van der Waals surface area contributed by atoms with E-state index in [0.29, 0.717) is 22.6 Å². The second kappa shape index (κ2) is 9.84. The summed E-state index contributed by atoms with van der Waals surface area (Å²) in [6.45, 7) is 1.44. The molecule has 0 aromatic heterocycles. The van der Waals surface area contributed by atoms with Crippen LogP contribution in [0.3, 0.4) is 0 Å². The summed E-state index contributed by atoms with van der Waals surface area (Å²) in [5, 5.41) is 8.32. The molecule has 3 aromatic rings. The predicted molar refractivity (Wildman–Crippen MR) is 122 cm³/mol. The van der Waals surface area contributed by atoms with Crippen LogP contribution in [0.4, 0.5) is 17.1 Å². The molecular formula is C23H20BrN3O3. The Morgan fingerprint density at radius 3 is 1.77 bits per heavy atom. The highest BCUT2D eigenvalue weighted by Gasteiger charge is 2.08. The fourth-order valence-electron chi connectivity index (χ4n) is 2.74. The first-order valence-corrected chi connectivity index (χ1v) is 10.0. The van der Waals surface area contributed by atoms with Gasteiger partial charge in [0.25, 0.3) is 5.91 Å². The zero-order valence-corrected chi connectivity index (χ0v) is 17.8. The smallest absolute Gasteiger partial charge is 0.255 e. The van der Waals surface area contributed by atoms with Crippen LogP contribution >= 0.6 is 15.9 Å². The Balaban J connectivity index is 1.53. The molecule has 3 amide bonds. The second-order valence-electron chi connectivity index (χ2n) is 6.64. The maximum absolute atomic E-state index is 12.3. The number of hydrogen-bond donors (Lipinski definition) is 3. The van der Waals surface area contributed by atoms with E-state index in [1.165, 1.54) is 6.92 Å². The van der Waals surface area contributed by atoms with Crippen LogP contribution in [0.15, 0.2) is 77.3 Å². The van der Waals surface area contributed by atoms with Crippen molar-refractivity contribution in [3.63, 3.8) is 0 Å². The van der Waals surface area contributed by atoms with Gasteiger partial charge in [-0.2, -0.15) is 0 Å². The molecule has 0 heterocycles. The molecule has 30 heavy (non-hydrogen) atoms. The van der Waals surface area contributed by atoms with E-state index in [1.807, 2.05) is 12.1 Å². The van der Waals surface area contributed by atoms with E-state index in [-0.39, 0.29) is 24.1 Å². The topological polar surface area (TPSA) is 87.3 Å². The fourth-order valence-corrected chi connectivity index (χ4v) is 3.01. The third-order valence-corrected chi connectivity index (χ3v) is 4.70. The molecule has 0 aliphatic carbocycles. The lowest BCUT2D eigenvalue weighted by atomic mass is 10.1. The molecule has 3 N–H and O–H groups in total. The van der Waals surface area contributed by atoms with Gasteiger partial charge in [0, 0.05) is 34.0 Å². The van der Waals surface area contributed by atoms with E-state index in [0.717, 1.165) is 10.0 Å². The van der Waals surface area contributed by atoms with Gasteiger partial charge in [-0.1, -0.05) is 28.1 Å². The summed E-state index contributed by atoms with van der Waals surface area (Å²) in [4.78, 5) is 35.6. The molecule has 0 aliphatic rings. The number of carbonyl (C=O) groups excluding carboxylic acids is 3. The number of amides is 3. The van der Waals surface area contributed by atoms with Crippen LogP contribution < -0.4 is 16.0 Å². The van der Waals surface area contributed by atoms with Crippen molar-refractivity contribution in [2.75, 3.05) is 16.0 Å². The molecular weight excluding hydrogens is 446 g/mol. The van der Waals surface area contributed by atoms with Gasteiger partial charge in [0.2, 0.25) is 11.8 Å². The average molecular weight is 466 g/mol. The summed E-state index contributed by atoms with van der Waals surface area (Å²) < 4.78 is 0.908. The quantitative estimate of drug-likeness (QED) is 0.486. The lowest BCUT2D eigenvalue weighted by Gasteiger charge is -2.08. The first-order valence-electron chi connectivity index (χ1n) is 9.22. The van der Waals surface area contributed by atoms with Crippen molar-refractivity contribution in [2.24, 2.45) is 0 Å². The van der Waals surface area contributed by atoms with Gasteiger partial charge < -0.3 is 16.0 Å². The van der Waals surface area contributed by atoms with E-state index < -0.39 is 0 Å². The van der Waals surface area contributed by atoms with Gasteiger partial charge in [0.15, 0.2) is 0 Å². The number of benzene rings is 3. The summed E-state index contributed by atoms with van der Waals surface area (Å²) in [6, 6.07) is 21.1. The molecule has 0 atom stereocenters. The minimum atomic E-state index is -0.198. The summed E-state index contributed by atoms with van der Waals surface area (Å²) in [7, 11) is 0. The first kappa shape index (κ1) is 21.3. The van der Waals surface area contributed by atoms with Crippen molar-refractivity contribution in [1.29, 1.82) is 0 Å². The lowest BCUT2D eigenvalue weighted by molar-refractivity contribution is -0.116. The van der Waals surface area contributed by atoms with Crippen LogP contribution in [-0.2, 0) is 16.0 Å². The van der Waals surface area contributed by atoms with Gasteiger partial charge >= 0.3 is 0 Å². The van der Waals surface area contributed by atoms with Crippen LogP contribution in [0.25, 0.3) is 0 Å². The van der Waals surface area contributed by atoms with Crippen molar-refractivity contribution in [3.8, 4) is 0 Å². The largest absolute Gasteiger partial charge is 0.326 e. The van der Waals surface area contributed by atoms with E-state index in [4.69, 9.17) is 0 Å². The van der Waals surface area contributed by atoms with E-state index in [9.17, 15) is 14.4 Å². The zero-order chi connectivity index (χ0) is 21.5. The van der Waals surface area contributed by atoms with Crippen LogP contribution in [0, 0.1) is 0 Å². The molecule has 0 aliphatic heterocycles. The number of hydrogen-bond acceptors (Lipinski definition) is 3. The maximum Gasteiger partial charge on any atom is 0.255 e. The highest BCUT2D eigenvalue weighted by molar-refractivity contribution is 9.10. The zero-order valence-electron chi connectivity index (χ0n) is 16.2. The Labute approximate surface area is 182 Å². The number of carbonyl (C=O) groups is 3. The van der Waals surface area contributed by atoms with Gasteiger partial charge in [-0.15, -0.1) is 0 Å². The molecule has 3 rings (SSSR count). The third-order valence-electron chi connectivity index (χ3n) is 4.17. The minimum absolute atomic E-state index is 0.150. The standard InChI is InChI=1S/C23H20BrN3O3/c1-15(28)25-19-10-12-20(13-11-19)26-22(29)14-16-2-8-21(9-3-16)27-23(30)17-4-6-18(24)7-5-17/h2-13H,14H2,1H3,(H,25,28)(H,26,29)(H,27,30). The van der Waals surface area contributed by atoms with E-state index in [1.54, 1.807) is 60.7 Å². The summed E-state index contributed by atoms with van der Waals surface area (Å²) in [5.41, 5.74) is 3.35. The molecule has 3 aromatic carbocycles. The molecule has 0 bridgehead atoms. The fraction of sp³-hybridized carbons (Fsp3) is 0.0870. The molecule has 0 radical (unpaired) electrons. The van der Waals surface area contributed by atoms with Gasteiger partial charge in [0.1, 0.15) is 0 Å². The van der Waals surface area contributed by atoms with Gasteiger partial charge in [0.05, 0.1) is 6.42 Å². The molecule has 0 saturated carbocycles. The second-order valence-corrected chi connectivity index (χ2v) is 7.56. The number of rotatable bonds is 6. The Morgan fingerprint density at radius 1 is 0.700 bits per heavy atom. The molecule has 0 saturated heterocycles. The summed E-state index contributed by atoms with van der Waals surface area (Å²) in [6.07, 6.45) is 0.203. The number of anilines is 3.